The van der Waals surface area contributed by atoms with Crippen molar-refractivity contribution in [2.24, 2.45) is 0 Å². The van der Waals surface area contributed by atoms with E-state index in [2.05, 4.69) is 9.97 Å². The lowest BCUT2D eigenvalue weighted by Gasteiger charge is -1.97. The van der Waals surface area contributed by atoms with Crippen molar-refractivity contribution in [2.45, 2.75) is 0 Å². The molecule has 1 aromatic carbocycles. The second-order valence-corrected chi connectivity index (χ2v) is 4.78. The second kappa shape index (κ2) is 4.19. The first-order chi connectivity index (χ1) is 8.74. The second-order valence-electron chi connectivity index (χ2n) is 3.75. The molecule has 0 aliphatic carbocycles. The zero-order valence-corrected chi connectivity index (χ0v) is 10.0. The average molecular weight is 256 g/mol. The molecule has 1 N–H and O–H groups in total. The summed E-state index contributed by atoms with van der Waals surface area (Å²) < 4.78 is 1.04. The van der Waals surface area contributed by atoms with E-state index in [4.69, 9.17) is 5.11 Å². The van der Waals surface area contributed by atoms with Gasteiger partial charge in [-0.3, -0.25) is 4.98 Å². The maximum atomic E-state index is 10.9. The van der Waals surface area contributed by atoms with E-state index in [-0.39, 0.29) is 5.56 Å². The maximum absolute atomic E-state index is 10.9. The number of aromatic carboxylic acids is 1. The lowest BCUT2D eigenvalue weighted by molar-refractivity contribution is 0.0697. The minimum absolute atomic E-state index is 0.268. The molecule has 0 fully saturated rings. The van der Waals surface area contributed by atoms with Gasteiger partial charge in [0.1, 0.15) is 10.5 Å². The van der Waals surface area contributed by atoms with Gasteiger partial charge in [-0.1, -0.05) is 12.1 Å². The van der Waals surface area contributed by atoms with Crippen LogP contribution in [0.15, 0.2) is 42.7 Å². The van der Waals surface area contributed by atoms with E-state index in [1.807, 2.05) is 12.1 Å². The Balaban J connectivity index is 2.13. The number of hydrogen-bond donors (Lipinski definition) is 1. The molecule has 2 aromatic heterocycles. The first-order valence-corrected chi connectivity index (χ1v) is 6.10. The molecule has 0 amide bonds. The predicted molar refractivity (Wildman–Crippen MR) is 69.8 cm³/mol. The molecule has 0 saturated heterocycles. The van der Waals surface area contributed by atoms with Crippen molar-refractivity contribution in [3.05, 3.63) is 48.3 Å². The van der Waals surface area contributed by atoms with Gasteiger partial charge in [0.05, 0.1) is 16.5 Å². The van der Waals surface area contributed by atoms with Crippen molar-refractivity contribution in [3.8, 4) is 10.6 Å². The number of nitrogens with zero attached hydrogens (tertiary/aromatic N) is 2. The molecule has 0 atom stereocenters. The number of carboxylic acids is 1. The number of carboxylic acid groups (broad SMARTS) is 1. The highest BCUT2D eigenvalue weighted by Gasteiger charge is 2.08. The molecule has 0 bridgehead atoms. The molecule has 0 saturated carbocycles. The summed E-state index contributed by atoms with van der Waals surface area (Å²) in [7, 11) is 0. The van der Waals surface area contributed by atoms with Crippen molar-refractivity contribution in [2.75, 3.05) is 0 Å². The number of rotatable bonds is 2. The molecule has 0 unspecified atom stereocenters. The number of benzene rings is 1. The predicted octanol–water partition coefficient (Wildman–Crippen LogP) is 3.06. The number of fused-ring (bicyclic) bond motifs is 1. The summed E-state index contributed by atoms with van der Waals surface area (Å²) in [5.41, 5.74) is 1.92. The standard InChI is InChI=1S/C13H8N2O2S/c16-13(17)9-3-1-2-8(6-9)12-15-10-7-14-5-4-11(10)18-12/h1-7H,(H,16,17). The molecule has 0 radical (unpaired) electrons. The Kier molecular flexibility index (Phi) is 2.53. The highest BCUT2D eigenvalue weighted by molar-refractivity contribution is 7.21. The summed E-state index contributed by atoms with van der Waals surface area (Å²) in [5.74, 6) is -0.931. The molecule has 2 heterocycles. The molecule has 0 spiro atoms. The third kappa shape index (κ3) is 1.84. The Morgan fingerprint density at radius 3 is 2.94 bits per heavy atom. The highest BCUT2D eigenvalue weighted by Crippen LogP contribution is 2.29. The topological polar surface area (TPSA) is 63.1 Å². The van der Waals surface area contributed by atoms with Crippen molar-refractivity contribution >= 4 is 27.5 Å². The first-order valence-electron chi connectivity index (χ1n) is 5.28. The van der Waals surface area contributed by atoms with Gasteiger partial charge in [0.2, 0.25) is 0 Å². The van der Waals surface area contributed by atoms with Crippen molar-refractivity contribution in [1.82, 2.24) is 9.97 Å². The third-order valence-electron chi connectivity index (χ3n) is 2.55. The molecular weight excluding hydrogens is 248 g/mol. The summed E-state index contributed by atoms with van der Waals surface area (Å²) in [6, 6.07) is 8.69. The van der Waals surface area contributed by atoms with Gasteiger partial charge in [0.15, 0.2) is 0 Å². The number of thiazole rings is 1. The van der Waals surface area contributed by atoms with Crippen LogP contribution in [-0.2, 0) is 0 Å². The number of pyridine rings is 1. The van der Waals surface area contributed by atoms with Crippen LogP contribution in [0.25, 0.3) is 20.8 Å². The Morgan fingerprint density at radius 2 is 2.17 bits per heavy atom. The lowest BCUT2D eigenvalue weighted by atomic mass is 10.1. The molecule has 88 valence electrons. The minimum Gasteiger partial charge on any atom is -0.478 e. The fourth-order valence-corrected chi connectivity index (χ4v) is 2.62. The van der Waals surface area contributed by atoms with Crippen LogP contribution in [0, 0.1) is 0 Å². The van der Waals surface area contributed by atoms with Gasteiger partial charge in [0, 0.05) is 11.8 Å². The van der Waals surface area contributed by atoms with Gasteiger partial charge in [0.25, 0.3) is 0 Å². The van der Waals surface area contributed by atoms with Crippen LogP contribution in [0.4, 0.5) is 0 Å². The maximum Gasteiger partial charge on any atom is 0.335 e. The van der Waals surface area contributed by atoms with E-state index in [9.17, 15) is 4.79 Å². The van der Waals surface area contributed by atoms with Crippen molar-refractivity contribution < 1.29 is 9.90 Å². The highest BCUT2D eigenvalue weighted by atomic mass is 32.1. The van der Waals surface area contributed by atoms with Crippen molar-refractivity contribution in [1.29, 1.82) is 0 Å². The van der Waals surface area contributed by atoms with Gasteiger partial charge in [-0.2, -0.15) is 0 Å². The summed E-state index contributed by atoms with van der Waals surface area (Å²) >= 11 is 1.53. The van der Waals surface area contributed by atoms with Gasteiger partial charge in [-0.05, 0) is 18.2 Å². The quantitative estimate of drug-likeness (QED) is 0.765. The zero-order valence-electron chi connectivity index (χ0n) is 9.20. The average Bonchev–Trinajstić information content (AvgIpc) is 2.82. The fraction of sp³-hybridized carbons (Fsp3) is 0. The largest absolute Gasteiger partial charge is 0.478 e. The van der Waals surface area contributed by atoms with Crippen LogP contribution in [0.3, 0.4) is 0 Å². The molecular formula is C13H8N2O2S. The molecule has 3 rings (SSSR count). The van der Waals surface area contributed by atoms with E-state index in [1.54, 1.807) is 30.6 Å². The summed E-state index contributed by atoms with van der Waals surface area (Å²) in [6.45, 7) is 0. The van der Waals surface area contributed by atoms with Crippen LogP contribution >= 0.6 is 11.3 Å². The van der Waals surface area contributed by atoms with Crippen LogP contribution in [0.5, 0.6) is 0 Å². The SMILES string of the molecule is O=C(O)c1cccc(-c2nc3cnccc3s2)c1. The molecule has 3 aromatic rings. The number of aromatic nitrogens is 2. The normalized spacial score (nSPS) is 10.7. The Bertz CT molecular complexity index is 703. The Hall–Kier alpha value is -2.27. The lowest BCUT2D eigenvalue weighted by Crippen LogP contribution is -1.95. The van der Waals surface area contributed by atoms with E-state index in [0.717, 1.165) is 20.8 Å². The fourth-order valence-electron chi connectivity index (χ4n) is 1.69. The molecule has 0 aliphatic heterocycles. The van der Waals surface area contributed by atoms with Crippen LogP contribution in [0.2, 0.25) is 0 Å². The first kappa shape index (κ1) is 10.9. The molecule has 4 nitrogen and oxygen atoms in total. The van der Waals surface area contributed by atoms with Crippen LogP contribution in [-0.4, -0.2) is 21.0 Å². The zero-order chi connectivity index (χ0) is 12.5. The van der Waals surface area contributed by atoms with Crippen LogP contribution in [0.1, 0.15) is 10.4 Å². The van der Waals surface area contributed by atoms with Crippen molar-refractivity contribution in [3.63, 3.8) is 0 Å². The van der Waals surface area contributed by atoms with Crippen LogP contribution < -0.4 is 0 Å². The third-order valence-corrected chi connectivity index (χ3v) is 3.63. The van der Waals surface area contributed by atoms with E-state index in [0.29, 0.717) is 0 Å². The van der Waals surface area contributed by atoms with Gasteiger partial charge >= 0.3 is 5.97 Å². The van der Waals surface area contributed by atoms with Gasteiger partial charge in [-0.25, -0.2) is 9.78 Å². The van der Waals surface area contributed by atoms with E-state index >= 15 is 0 Å². The monoisotopic (exact) mass is 256 g/mol. The number of hydrogen-bond acceptors (Lipinski definition) is 4. The minimum atomic E-state index is -0.931. The molecule has 0 aliphatic rings. The van der Waals surface area contributed by atoms with Gasteiger partial charge < -0.3 is 5.11 Å². The van der Waals surface area contributed by atoms with E-state index < -0.39 is 5.97 Å². The smallest absolute Gasteiger partial charge is 0.335 e. The Labute approximate surface area is 107 Å². The molecule has 18 heavy (non-hydrogen) atoms. The Morgan fingerprint density at radius 1 is 1.28 bits per heavy atom. The van der Waals surface area contributed by atoms with E-state index in [1.165, 1.54) is 11.3 Å². The van der Waals surface area contributed by atoms with Gasteiger partial charge in [-0.15, -0.1) is 11.3 Å². The summed E-state index contributed by atoms with van der Waals surface area (Å²) in [4.78, 5) is 19.4. The number of carbonyl (C=O) groups is 1. The molecule has 5 heteroatoms. The summed E-state index contributed by atoms with van der Waals surface area (Å²) in [5, 5.41) is 9.78. The summed E-state index contributed by atoms with van der Waals surface area (Å²) in [6.07, 6.45) is 3.42.